The molecule has 2 atom stereocenters. The molecule has 0 aliphatic carbocycles. The van der Waals surface area contributed by atoms with Crippen LogP contribution in [0, 0.1) is 5.92 Å². The minimum Gasteiger partial charge on any atom is -0.444 e. The Morgan fingerprint density at radius 1 is 1.22 bits per heavy atom. The molecule has 0 radical (unpaired) electrons. The zero-order valence-corrected chi connectivity index (χ0v) is 17.1. The van der Waals surface area contributed by atoms with Gasteiger partial charge in [-0.2, -0.15) is 0 Å². The molecular weight excluding hydrogens is 310 g/mol. The minimum absolute atomic E-state index is 0.0319. The Labute approximate surface area is 142 Å². The topological polar surface area (TPSA) is 59.0 Å². The van der Waals surface area contributed by atoms with E-state index < -0.39 is 13.9 Å². The number of hydrogen-bond donors (Lipinski definition) is 1. The summed E-state index contributed by atoms with van der Waals surface area (Å²) < 4.78 is 11.7. The summed E-state index contributed by atoms with van der Waals surface area (Å²) in [7, 11) is -1.79. The molecule has 0 aromatic rings. The first kappa shape index (κ1) is 20.5. The molecule has 0 spiro atoms. The predicted molar refractivity (Wildman–Crippen MR) is 95.1 cm³/mol. The summed E-state index contributed by atoms with van der Waals surface area (Å²) >= 11 is 0. The molecule has 136 valence electrons. The zero-order chi connectivity index (χ0) is 18.1. The molecule has 1 aliphatic rings. The molecule has 1 aliphatic heterocycles. The second kappa shape index (κ2) is 7.11. The fourth-order valence-corrected chi connectivity index (χ4v) is 3.48. The van der Waals surface area contributed by atoms with Gasteiger partial charge in [-0.05, 0) is 45.3 Å². The molecule has 0 saturated carbocycles. The summed E-state index contributed by atoms with van der Waals surface area (Å²) in [6, 6.07) is -0.169. The van der Waals surface area contributed by atoms with Crippen LogP contribution in [0.15, 0.2) is 0 Å². The molecule has 0 aromatic heterocycles. The SMILES string of the molecule is CC(C)(C)OC(=O)N1CC(CO[Si](C)(C)C(C)(C)C)C[C@H]1CO. The molecule has 23 heavy (non-hydrogen) atoms. The number of aliphatic hydroxyl groups is 1. The third kappa shape index (κ3) is 5.76. The van der Waals surface area contributed by atoms with Crippen LogP contribution in [0.2, 0.25) is 18.1 Å². The predicted octanol–water partition coefficient (Wildman–Crippen LogP) is 3.63. The van der Waals surface area contributed by atoms with Gasteiger partial charge in [0.05, 0.1) is 12.6 Å². The van der Waals surface area contributed by atoms with Crippen LogP contribution in [0.3, 0.4) is 0 Å². The van der Waals surface area contributed by atoms with Gasteiger partial charge in [0.25, 0.3) is 0 Å². The summed E-state index contributed by atoms with van der Waals surface area (Å²) in [6.45, 7) is 17.9. The number of carbonyl (C=O) groups is 1. The Hall–Kier alpha value is -0.593. The van der Waals surface area contributed by atoms with Gasteiger partial charge in [-0.25, -0.2) is 4.79 Å². The highest BCUT2D eigenvalue weighted by Gasteiger charge is 2.41. The van der Waals surface area contributed by atoms with Crippen LogP contribution in [0.1, 0.15) is 48.0 Å². The Balaban J connectivity index is 2.64. The molecule has 6 heteroatoms. The Kier molecular flexibility index (Phi) is 6.32. The van der Waals surface area contributed by atoms with Crippen molar-refractivity contribution < 1.29 is 19.1 Å². The number of ether oxygens (including phenoxy) is 1. The summed E-state index contributed by atoms with van der Waals surface area (Å²) in [4.78, 5) is 14.0. The molecule has 1 saturated heterocycles. The van der Waals surface area contributed by atoms with Crippen LogP contribution in [0.4, 0.5) is 4.79 Å². The van der Waals surface area contributed by atoms with Crippen molar-refractivity contribution in [2.45, 2.75) is 77.7 Å². The van der Waals surface area contributed by atoms with Crippen LogP contribution >= 0.6 is 0 Å². The number of hydrogen-bond acceptors (Lipinski definition) is 4. The zero-order valence-electron chi connectivity index (χ0n) is 16.1. The van der Waals surface area contributed by atoms with Crippen molar-refractivity contribution in [2.75, 3.05) is 19.8 Å². The van der Waals surface area contributed by atoms with Crippen molar-refractivity contribution >= 4 is 14.4 Å². The summed E-state index contributed by atoms with van der Waals surface area (Å²) in [6.07, 6.45) is 0.427. The van der Waals surface area contributed by atoms with Gasteiger partial charge in [-0.15, -0.1) is 0 Å². The van der Waals surface area contributed by atoms with Gasteiger partial charge in [0, 0.05) is 19.1 Å². The summed E-state index contributed by atoms with van der Waals surface area (Å²) in [5.41, 5.74) is -0.521. The molecule has 1 amide bonds. The number of likely N-dealkylation sites (tertiary alicyclic amines) is 1. The molecular formula is C17H35NO4Si. The van der Waals surface area contributed by atoms with E-state index >= 15 is 0 Å². The van der Waals surface area contributed by atoms with E-state index in [0.717, 1.165) is 6.42 Å². The number of amides is 1. The first-order valence-corrected chi connectivity index (χ1v) is 11.4. The van der Waals surface area contributed by atoms with Crippen LogP contribution in [-0.2, 0) is 9.16 Å². The van der Waals surface area contributed by atoms with E-state index in [0.29, 0.717) is 13.2 Å². The lowest BCUT2D eigenvalue weighted by Gasteiger charge is -2.37. The number of rotatable bonds is 4. The van der Waals surface area contributed by atoms with Crippen molar-refractivity contribution in [1.82, 2.24) is 4.90 Å². The number of carbonyl (C=O) groups excluding carboxylic acids is 1. The van der Waals surface area contributed by atoms with Gasteiger partial charge in [-0.1, -0.05) is 20.8 Å². The van der Waals surface area contributed by atoms with Crippen molar-refractivity contribution in [3.05, 3.63) is 0 Å². The summed E-state index contributed by atoms with van der Waals surface area (Å²) in [5.74, 6) is 0.258. The Morgan fingerprint density at radius 2 is 1.78 bits per heavy atom. The van der Waals surface area contributed by atoms with E-state index in [1.807, 2.05) is 20.8 Å². The van der Waals surface area contributed by atoms with Crippen LogP contribution in [0.25, 0.3) is 0 Å². The van der Waals surface area contributed by atoms with Crippen LogP contribution < -0.4 is 0 Å². The van der Waals surface area contributed by atoms with E-state index in [-0.39, 0.29) is 29.7 Å². The second-order valence-electron chi connectivity index (χ2n) is 9.14. The van der Waals surface area contributed by atoms with Crippen LogP contribution in [0.5, 0.6) is 0 Å². The maximum absolute atomic E-state index is 12.3. The van der Waals surface area contributed by atoms with E-state index in [1.165, 1.54) is 0 Å². The lowest BCUT2D eigenvalue weighted by molar-refractivity contribution is 0.0170. The minimum atomic E-state index is -1.79. The number of nitrogens with zero attached hydrogens (tertiary/aromatic N) is 1. The fourth-order valence-electron chi connectivity index (χ4n) is 2.39. The molecule has 5 nitrogen and oxygen atoms in total. The third-order valence-corrected chi connectivity index (χ3v) is 9.33. The molecule has 1 N–H and O–H groups in total. The quantitative estimate of drug-likeness (QED) is 0.791. The highest BCUT2D eigenvalue weighted by molar-refractivity contribution is 6.74. The molecule has 1 heterocycles. The van der Waals surface area contributed by atoms with Gasteiger partial charge >= 0.3 is 6.09 Å². The second-order valence-corrected chi connectivity index (χ2v) is 14.0. The van der Waals surface area contributed by atoms with Gasteiger partial charge in [-0.3, -0.25) is 0 Å². The van der Waals surface area contributed by atoms with Crippen molar-refractivity contribution in [3.63, 3.8) is 0 Å². The monoisotopic (exact) mass is 345 g/mol. The average molecular weight is 346 g/mol. The highest BCUT2D eigenvalue weighted by atomic mass is 28.4. The smallest absolute Gasteiger partial charge is 0.410 e. The van der Waals surface area contributed by atoms with E-state index in [1.54, 1.807) is 4.90 Å². The molecule has 0 bridgehead atoms. The van der Waals surface area contributed by atoms with E-state index in [2.05, 4.69) is 33.9 Å². The number of aliphatic hydroxyl groups excluding tert-OH is 1. The summed E-state index contributed by atoms with van der Waals surface area (Å²) in [5, 5.41) is 9.75. The van der Waals surface area contributed by atoms with Gasteiger partial charge < -0.3 is 19.2 Å². The molecule has 0 aromatic carbocycles. The Morgan fingerprint density at radius 3 is 2.22 bits per heavy atom. The van der Waals surface area contributed by atoms with Gasteiger partial charge in [0.2, 0.25) is 0 Å². The fraction of sp³-hybridized carbons (Fsp3) is 0.941. The van der Waals surface area contributed by atoms with E-state index in [9.17, 15) is 9.90 Å². The van der Waals surface area contributed by atoms with Crippen molar-refractivity contribution in [3.8, 4) is 0 Å². The lowest BCUT2D eigenvalue weighted by atomic mass is 10.1. The molecule has 1 rings (SSSR count). The van der Waals surface area contributed by atoms with Crippen LogP contribution in [-0.4, -0.2) is 55.8 Å². The normalized spacial score (nSPS) is 23.3. The average Bonchev–Trinajstić information content (AvgIpc) is 2.76. The third-order valence-electron chi connectivity index (χ3n) is 4.83. The van der Waals surface area contributed by atoms with E-state index in [4.69, 9.17) is 9.16 Å². The van der Waals surface area contributed by atoms with Crippen molar-refractivity contribution in [2.24, 2.45) is 5.92 Å². The molecule has 1 unspecified atom stereocenters. The van der Waals surface area contributed by atoms with Gasteiger partial charge in [0.1, 0.15) is 5.60 Å². The highest BCUT2D eigenvalue weighted by Crippen LogP contribution is 2.37. The van der Waals surface area contributed by atoms with Gasteiger partial charge in [0.15, 0.2) is 8.32 Å². The first-order valence-electron chi connectivity index (χ1n) is 8.51. The maximum Gasteiger partial charge on any atom is 0.410 e. The lowest BCUT2D eigenvalue weighted by Crippen LogP contribution is -2.43. The largest absolute Gasteiger partial charge is 0.444 e. The maximum atomic E-state index is 12.3. The molecule has 1 fully saturated rings. The standard InChI is InChI=1S/C17H35NO4Si/c1-16(2,3)22-15(20)18-10-13(9-14(18)11-19)12-21-23(7,8)17(4,5)6/h13-14,19H,9-12H2,1-8H3/t13?,14-/m0/s1. The first-order chi connectivity index (χ1) is 10.3. The Bertz CT molecular complexity index is 412. The van der Waals surface area contributed by atoms with Crippen molar-refractivity contribution in [1.29, 1.82) is 0 Å².